The van der Waals surface area contributed by atoms with Crippen LogP contribution in [0.2, 0.25) is 5.15 Å². The SMILES string of the molecule is CN(C)/C=N\N(C)c1cc(C(F)(F)F)cc(Cl)n1. The number of anilines is 1. The van der Waals surface area contributed by atoms with E-state index in [0.717, 1.165) is 12.1 Å². The molecule has 0 fully saturated rings. The van der Waals surface area contributed by atoms with E-state index < -0.39 is 11.7 Å². The van der Waals surface area contributed by atoms with E-state index >= 15 is 0 Å². The van der Waals surface area contributed by atoms with Gasteiger partial charge in [0, 0.05) is 21.1 Å². The summed E-state index contributed by atoms with van der Waals surface area (Å²) in [6.45, 7) is 0. The summed E-state index contributed by atoms with van der Waals surface area (Å²) in [5.41, 5.74) is -0.857. The van der Waals surface area contributed by atoms with Gasteiger partial charge in [0.1, 0.15) is 11.5 Å². The van der Waals surface area contributed by atoms with Gasteiger partial charge in [0.25, 0.3) is 0 Å². The molecule has 1 aromatic heterocycles. The number of hydrogen-bond donors (Lipinski definition) is 0. The summed E-state index contributed by atoms with van der Waals surface area (Å²) >= 11 is 5.56. The fourth-order valence-corrected chi connectivity index (χ4v) is 1.26. The monoisotopic (exact) mass is 280 g/mol. The third kappa shape index (κ3) is 4.06. The van der Waals surface area contributed by atoms with Gasteiger partial charge in [-0.05, 0) is 12.1 Å². The predicted molar refractivity (Wildman–Crippen MR) is 64.8 cm³/mol. The van der Waals surface area contributed by atoms with Crippen LogP contribution in [0.4, 0.5) is 19.0 Å². The van der Waals surface area contributed by atoms with Crippen molar-refractivity contribution in [2.75, 3.05) is 26.2 Å². The summed E-state index contributed by atoms with van der Waals surface area (Å²) in [5, 5.41) is 4.88. The average Bonchev–Trinajstić information content (AvgIpc) is 2.23. The van der Waals surface area contributed by atoms with Crippen molar-refractivity contribution in [3.8, 4) is 0 Å². The number of rotatable bonds is 3. The molecule has 0 aromatic carbocycles. The number of hydrazone groups is 1. The van der Waals surface area contributed by atoms with Gasteiger partial charge in [-0.2, -0.15) is 18.3 Å². The van der Waals surface area contributed by atoms with Crippen LogP contribution >= 0.6 is 11.6 Å². The summed E-state index contributed by atoms with van der Waals surface area (Å²) in [5.74, 6) is 0.0212. The van der Waals surface area contributed by atoms with Crippen molar-refractivity contribution in [1.29, 1.82) is 0 Å². The van der Waals surface area contributed by atoms with Crippen molar-refractivity contribution in [3.63, 3.8) is 0 Å². The molecule has 0 unspecified atom stereocenters. The van der Waals surface area contributed by atoms with E-state index in [9.17, 15) is 13.2 Å². The van der Waals surface area contributed by atoms with E-state index in [1.165, 1.54) is 18.4 Å². The highest BCUT2D eigenvalue weighted by molar-refractivity contribution is 6.29. The molecule has 0 N–H and O–H groups in total. The Bertz CT molecular complexity index is 445. The van der Waals surface area contributed by atoms with Crippen LogP contribution in [-0.4, -0.2) is 37.4 Å². The highest BCUT2D eigenvalue weighted by Crippen LogP contribution is 2.32. The lowest BCUT2D eigenvalue weighted by atomic mass is 10.2. The van der Waals surface area contributed by atoms with Gasteiger partial charge in [0.2, 0.25) is 0 Å². The van der Waals surface area contributed by atoms with Gasteiger partial charge in [-0.3, -0.25) is 0 Å². The largest absolute Gasteiger partial charge is 0.416 e. The van der Waals surface area contributed by atoms with Crippen molar-refractivity contribution < 1.29 is 13.2 Å². The van der Waals surface area contributed by atoms with Gasteiger partial charge >= 0.3 is 6.18 Å². The molecule has 0 amide bonds. The van der Waals surface area contributed by atoms with Crippen LogP contribution < -0.4 is 5.01 Å². The Morgan fingerprint density at radius 1 is 1.28 bits per heavy atom. The lowest BCUT2D eigenvalue weighted by Crippen LogP contribution is -2.17. The van der Waals surface area contributed by atoms with Gasteiger partial charge in [-0.15, -0.1) is 0 Å². The minimum atomic E-state index is -4.46. The first-order valence-electron chi connectivity index (χ1n) is 4.89. The Morgan fingerprint density at radius 3 is 2.39 bits per heavy atom. The first kappa shape index (κ1) is 14.6. The van der Waals surface area contributed by atoms with Crippen molar-refractivity contribution in [2.45, 2.75) is 6.18 Å². The molecule has 0 aliphatic rings. The molecule has 8 heteroatoms. The molecule has 0 atom stereocenters. The molecule has 0 bridgehead atoms. The second-order valence-electron chi connectivity index (χ2n) is 3.75. The number of aromatic nitrogens is 1. The third-order valence-electron chi connectivity index (χ3n) is 1.90. The van der Waals surface area contributed by atoms with Crippen LogP contribution in [0, 0.1) is 0 Å². The Hall–Kier alpha value is -1.50. The van der Waals surface area contributed by atoms with Gasteiger partial charge in [-0.1, -0.05) is 11.6 Å². The summed E-state index contributed by atoms with van der Waals surface area (Å²) < 4.78 is 37.7. The Morgan fingerprint density at radius 2 is 1.89 bits per heavy atom. The molecule has 0 saturated carbocycles. The molecule has 0 aliphatic heterocycles. The molecule has 100 valence electrons. The zero-order chi connectivity index (χ0) is 13.9. The number of hydrogen-bond acceptors (Lipinski definition) is 3. The summed E-state index contributed by atoms with van der Waals surface area (Å²) in [7, 11) is 4.96. The lowest BCUT2D eigenvalue weighted by Gasteiger charge is -2.15. The Kier molecular flexibility index (Phi) is 4.39. The van der Waals surface area contributed by atoms with E-state index in [-0.39, 0.29) is 11.0 Å². The van der Waals surface area contributed by atoms with Crippen LogP contribution in [0.15, 0.2) is 17.2 Å². The normalized spacial score (nSPS) is 11.9. The zero-order valence-electron chi connectivity index (χ0n) is 10.0. The fourth-order valence-electron chi connectivity index (χ4n) is 1.05. The second-order valence-corrected chi connectivity index (χ2v) is 4.14. The second kappa shape index (κ2) is 5.43. The molecular formula is C10H12ClF3N4. The Labute approximate surface area is 108 Å². The average molecular weight is 281 g/mol. The van der Waals surface area contributed by atoms with Crippen LogP contribution in [0.3, 0.4) is 0 Å². The molecular weight excluding hydrogens is 269 g/mol. The van der Waals surface area contributed by atoms with Gasteiger partial charge in [0.15, 0.2) is 5.82 Å². The van der Waals surface area contributed by atoms with Crippen molar-refractivity contribution in [2.24, 2.45) is 5.10 Å². The maximum absolute atomic E-state index is 12.6. The van der Waals surface area contributed by atoms with E-state index in [1.807, 2.05) is 0 Å². The lowest BCUT2D eigenvalue weighted by molar-refractivity contribution is -0.137. The zero-order valence-corrected chi connectivity index (χ0v) is 10.8. The number of pyridine rings is 1. The minimum absolute atomic E-state index is 0.0212. The first-order valence-corrected chi connectivity index (χ1v) is 5.27. The van der Waals surface area contributed by atoms with E-state index in [0.29, 0.717) is 0 Å². The summed E-state index contributed by atoms with van der Waals surface area (Å²) in [4.78, 5) is 5.43. The standard InChI is InChI=1S/C10H12ClF3N4/c1-17(2)6-15-18(3)9-5-7(10(12,13)14)4-8(11)16-9/h4-6H,1-3H3/b15-6-. The minimum Gasteiger partial charge on any atom is -0.367 e. The molecule has 0 saturated heterocycles. The number of halogens is 4. The quantitative estimate of drug-likeness (QED) is 0.369. The molecule has 1 heterocycles. The van der Waals surface area contributed by atoms with Gasteiger partial charge in [-0.25, -0.2) is 9.99 Å². The van der Waals surface area contributed by atoms with Crippen molar-refractivity contribution in [3.05, 3.63) is 22.8 Å². The number of nitrogens with zero attached hydrogens (tertiary/aromatic N) is 4. The highest BCUT2D eigenvalue weighted by Gasteiger charge is 2.31. The predicted octanol–water partition coefficient (Wildman–Crippen LogP) is 2.69. The van der Waals surface area contributed by atoms with E-state index in [4.69, 9.17) is 11.6 Å². The highest BCUT2D eigenvalue weighted by atomic mass is 35.5. The molecule has 0 spiro atoms. The summed E-state index contributed by atoms with van der Waals surface area (Å²) in [6.07, 6.45) is -3.02. The molecule has 0 radical (unpaired) electrons. The van der Waals surface area contributed by atoms with Crippen LogP contribution in [0.1, 0.15) is 5.56 Å². The molecule has 1 aromatic rings. The smallest absolute Gasteiger partial charge is 0.367 e. The fraction of sp³-hybridized carbons (Fsp3) is 0.400. The van der Waals surface area contributed by atoms with Crippen LogP contribution in [0.5, 0.6) is 0 Å². The van der Waals surface area contributed by atoms with Crippen molar-refractivity contribution in [1.82, 2.24) is 9.88 Å². The molecule has 18 heavy (non-hydrogen) atoms. The molecule has 4 nitrogen and oxygen atoms in total. The van der Waals surface area contributed by atoms with Crippen LogP contribution in [0.25, 0.3) is 0 Å². The van der Waals surface area contributed by atoms with Crippen molar-refractivity contribution >= 4 is 23.8 Å². The first-order chi connectivity index (χ1) is 8.20. The molecule has 1 rings (SSSR count). The maximum atomic E-state index is 12.6. The third-order valence-corrected chi connectivity index (χ3v) is 2.09. The molecule has 0 aliphatic carbocycles. The summed E-state index contributed by atoms with van der Waals surface area (Å²) in [6, 6.07) is 1.66. The van der Waals surface area contributed by atoms with Crippen LogP contribution in [-0.2, 0) is 6.18 Å². The number of alkyl halides is 3. The van der Waals surface area contributed by atoms with E-state index in [2.05, 4.69) is 10.1 Å². The maximum Gasteiger partial charge on any atom is 0.416 e. The van der Waals surface area contributed by atoms with E-state index in [1.54, 1.807) is 19.0 Å². The topological polar surface area (TPSA) is 31.7 Å². The van der Waals surface area contributed by atoms with Gasteiger partial charge in [0.05, 0.1) is 5.56 Å². The van der Waals surface area contributed by atoms with Gasteiger partial charge < -0.3 is 4.90 Å². The Balaban J connectivity index is 3.06.